The maximum atomic E-state index is 13.5. The van der Waals surface area contributed by atoms with Gasteiger partial charge in [-0.25, -0.2) is 9.97 Å². The Kier molecular flexibility index (Phi) is 22.2. The first-order valence-corrected chi connectivity index (χ1v) is 22.3. The second kappa shape index (κ2) is 25.2. The Labute approximate surface area is 432 Å². The van der Waals surface area contributed by atoms with E-state index < -0.39 is 5.60 Å². The van der Waals surface area contributed by atoms with E-state index in [9.17, 15) is 29.4 Å². The largest absolute Gasteiger partial charge is 1.00 e. The number of carbonyl (C=O) groups is 2. The van der Waals surface area contributed by atoms with Gasteiger partial charge in [-0.3, -0.25) is 28.3 Å². The molecule has 4 heterocycles. The zero-order valence-corrected chi connectivity index (χ0v) is 45.2. The molecule has 11 nitrogen and oxygen atoms in total. The predicted molar refractivity (Wildman–Crippen MR) is 259 cm³/mol. The molecule has 0 aliphatic carbocycles. The van der Waals surface area contributed by atoms with Crippen molar-refractivity contribution in [1.82, 2.24) is 19.1 Å². The summed E-state index contributed by atoms with van der Waals surface area (Å²) in [6.45, 7) is 24.4. The summed E-state index contributed by atoms with van der Waals surface area (Å²) < 4.78 is 8.90. The van der Waals surface area contributed by atoms with Crippen molar-refractivity contribution in [2.45, 2.75) is 121 Å². The Morgan fingerprint density at radius 2 is 1.03 bits per heavy atom. The van der Waals surface area contributed by atoms with Crippen molar-refractivity contribution in [2.24, 2.45) is 25.9 Å². The number of carbonyl (C=O) groups excluding carboxylic acids is 2. The van der Waals surface area contributed by atoms with E-state index >= 15 is 0 Å². The molecule has 2 aromatic carbocycles. The van der Waals surface area contributed by atoms with Crippen LogP contribution in [0.1, 0.15) is 110 Å². The van der Waals surface area contributed by atoms with Crippen LogP contribution in [0.25, 0.3) is 44.3 Å². The molecule has 0 bridgehead atoms. The monoisotopic (exact) mass is 932 g/mol. The number of benzene rings is 2. The summed E-state index contributed by atoms with van der Waals surface area (Å²) in [6, 6.07) is 15.6. The molecule has 0 aliphatic rings. The summed E-state index contributed by atoms with van der Waals surface area (Å²) in [4.78, 5) is 57.6. The number of halogens is 1. The fraction of sp³-hybridized carbons (Fsp3) is 0.423. The fourth-order valence-electron chi connectivity index (χ4n) is 7.10. The van der Waals surface area contributed by atoms with Crippen LogP contribution < -0.4 is 72.3 Å². The van der Waals surface area contributed by atoms with E-state index in [0.29, 0.717) is 38.9 Å². The van der Waals surface area contributed by atoms with Gasteiger partial charge in [0.2, 0.25) is 5.24 Å². The quantitative estimate of drug-likeness (QED) is 0.0927. The van der Waals surface area contributed by atoms with Crippen LogP contribution in [0.5, 0.6) is 11.5 Å². The van der Waals surface area contributed by atoms with Crippen LogP contribution in [0.3, 0.4) is 0 Å². The van der Waals surface area contributed by atoms with E-state index in [2.05, 4.69) is 75.8 Å². The molecule has 0 atom stereocenters. The maximum absolute atomic E-state index is 13.5. The topological polar surface area (TPSA) is 156 Å². The zero-order chi connectivity index (χ0) is 48.4. The standard InChI is InChI=1S/C24H28N2O3.C20H22N2O2.C4H7ClO.C4H9O.K/c1-7-16-12-15(5)13-17(8-2)19(16)20-21(29-24(28)14(3)4)18-10-9-11-25-22(18)26(6)23(20)27;1-5-13-10-12(3)11-14(6-2)16(13)17-18(23)15-8-7-9-21-19(15)22(4)20(17)24;1-3(2)4(5)6;1-4(2,3)5;/h9-14H,7-8H2,1-6H3;7-11,23H,5-6H2,1-4H3;3H,1-2H3;1-3H3;/q;;;-1;+1. The maximum Gasteiger partial charge on any atom is 1.00 e. The van der Waals surface area contributed by atoms with Gasteiger partial charge in [-0.15, -0.1) is 5.60 Å². The molecule has 6 aromatic rings. The Morgan fingerprint density at radius 3 is 1.38 bits per heavy atom. The number of aromatic hydroxyl groups is 1. The summed E-state index contributed by atoms with van der Waals surface area (Å²) in [7, 11) is 3.41. The number of aromatic nitrogens is 4. The van der Waals surface area contributed by atoms with Gasteiger partial charge in [0.15, 0.2) is 5.75 Å². The minimum absolute atomic E-state index is 0. The Morgan fingerprint density at radius 1 is 0.692 bits per heavy atom. The normalized spacial score (nSPS) is 10.9. The van der Waals surface area contributed by atoms with Gasteiger partial charge in [0.05, 0.1) is 27.8 Å². The van der Waals surface area contributed by atoms with E-state index in [-0.39, 0.29) is 91.3 Å². The summed E-state index contributed by atoms with van der Waals surface area (Å²) in [5, 5.41) is 22.0. The first-order chi connectivity index (χ1) is 29.9. The minimum Gasteiger partial charge on any atom is -0.850 e. The molecule has 4 aromatic heterocycles. The second-order valence-corrected chi connectivity index (χ2v) is 17.8. The van der Waals surface area contributed by atoms with Crippen LogP contribution in [-0.4, -0.2) is 41.0 Å². The Bertz CT molecular complexity index is 2690. The SMILES string of the molecule is CC(C)(C)[O-].CC(C)C(=O)Cl.CCc1cc(C)cc(CC)c1-c1c(O)c2cccnc2n(C)c1=O.CCc1cc(C)cc(CC)c1-c1c(OC(=O)C(C)C)c2cccnc2n(C)c1=O.[K+]. The van der Waals surface area contributed by atoms with Crippen LogP contribution in [0.15, 0.2) is 70.5 Å². The molecule has 0 aliphatic heterocycles. The summed E-state index contributed by atoms with van der Waals surface area (Å²) in [5.41, 5.74) is 9.02. The number of aryl methyl sites for hydroxylation is 8. The van der Waals surface area contributed by atoms with Crippen molar-refractivity contribution >= 4 is 44.9 Å². The van der Waals surface area contributed by atoms with Crippen LogP contribution in [0, 0.1) is 25.7 Å². The second-order valence-electron chi connectivity index (χ2n) is 17.4. The smallest absolute Gasteiger partial charge is 0.850 e. The van der Waals surface area contributed by atoms with E-state index in [4.69, 9.17) is 16.3 Å². The Balaban J connectivity index is 0.000000362. The van der Waals surface area contributed by atoms with E-state index in [1.807, 2.05) is 6.07 Å². The van der Waals surface area contributed by atoms with Crippen LogP contribution in [0.2, 0.25) is 0 Å². The molecule has 65 heavy (non-hydrogen) atoms. The third-order valence-electron chi connectivity index (χ3n) is 10.3. The number of pyridine rings is 4. The molecule has 0 fully saturated rings. The molecule has 1 N–H and O–H groups in total. The molecule has 0 amide bonds. The number of hydrogen-bond acceptors (Lipinski definition) is 9. The van der Waals surface area contributed by atoms with Crippen LogP contribution in [0.4, 0.5) is 0 Å². The van der Waals surface area contributed by atoms with Crippen LogP contribution in [-0.2, 0) is 49.4 Å². The molecule has 0 spiro atoms. The summed E-state index contributed by atoms with van der Waals surface area (Å²) in [5.74, 6) is -0.370. The third-order valence-corrected chi connectivity index (χ3v) is 10.7. The van der Waals surface area contributed by atoms with Crippen molar-refractivity contribution in [3.63, 3.8) is 0 Å². The molecular formula is C52H66ClKN4O7. The first-order valence-electron chi connectivity index (χ1n) is 21.9. The number of ether oxygens (including phenoxy) is 1. The molecule has 0 saturated carbocycles. The average Bonchev–Trinajstić information content (AvgIpc) is 3.24. The number of rotatable bonds is 9. The van der Waals surface area contributed by atoms with E-state index in [0.717, 1.165) is 64.6 Å². The zero-order valence-electron chi connectivity index (χ0n) is 41.3. The van der Waals surface area contributed by atoms with Crippen LogP contribution >= 0.6 is 11.6 Å². The summed E-state index contributed by atoms with van der Waals surface area (Å²) in [6.07, 6.45) is 6.42. The van der Waals surface area contributed by atoms with Crippen molar-refractivity contribution in [2.75, 3.05) is 0 Å². The van der Waals surface area contributed by atoms with Gasteiger partial charge >= 0.3 is 57.4 Å². The number of esters is 1. The van der Waals surface area contributed by atoms with Gasteiger partial charge in [0, 0.05) is 32.4 Å². The third kappa shape index (κ3) is 14.5. The molecular weight excluding hydrogens is 867 g/mol. The molecule has 0 unspecified atom stereocenters. The van der Waals surface area contributed by atoms with Gasteiger partial charge in [0.25, 0.3) is 11.1 Å². The van der Waals surface area contributed by atoms with E-state index in [1.165, 1.54) is 14.7 Å². The molecule has 13 heteroatoms. The summed E-state index contributed by atoms with van der Waals surface area (Å²) >= 11 is 4.97. The van der Waals surface area contributed by atoms with Gasteiger partial charge in [-0.1, -0.05) is 112 Å². The molecule has 0 radical (unpaired) electrons. The van der Waals surface area contributed by atoms with E-state index in [1.54, 1.807) is 93.2 Å². The van der Waals surface area contributed by atoms with Gasteiger partial charge in [0.1, 0.15) is 17.0 Å². The average molecular weight is 934 g/mol. The van der Waals surface area contributed by atoms with Crippen molar-refractivity contribution in [1.29, 1.82) is 0 Å². The molecule has 6 rings (SSSR count). The number of hydrogen-bond donors (Lipinski definition) is 1. The Hall–Kier alpha value is -4.01. The van der Waals surface area contributed by atoms with Crippen molar-refractivity contribution in [3.05, 3.63) is 115 Å². The fourth-order valence-corrected chi connectivity index (χ4v) is 7.10. The first kappa shape index (κ1) is 57.1. The van der Waals surface area contributed by atoms with Gasteiger partial charge in [-0.2, -0.15) is 0 Å². The molecule has 0 saturated heterocycles. The molecule has 344 valence electrons. The van der Waals surface area contributed by atoms with Crippen molar-refractivity contribution in [3.8, 4) is 33.8 Å². The van der Waals surface area contributed by atoms with Crippen molar-refractivity contribution < 1.29 is 75.9 Å². The van der Waals surface area contributed by atoms with Gasteiger partial charge in [-0.05, 0) is 109 Å². The predicted octanol–water partition coefficient (Wildman–Crippen LogP) is 6.89. The van der Waals surface area contributed by atoms with Gasteiger partial charge < -0.3 is 14.9 Å². The minimum atomic E-state index is -0.750. The number of fused-ring (bicyclic) bond motifs is 2. The number of nitrogens with zero attached hydrogens (tertiary/aromatic N) is 4.